The van der Waals surface area contributed by atoms with E-state index in [-0.39, 0.29) is 5.41 Å². The highest BCUT2D eigenvalue weighted by atomic mass is 16.7. The van der Waals surface area contributed by atoms with Crippen molar-refractivity contribution in [1.29, 1.82) is 0 Å². The summed E-state index contributed by atoms with van der Waals surface area (Å²) in [4.78, 5) is 10.5. The molecule has 2 aliphatic rings. The summed E-state index contributed by atoms with van der Waals surface area (Å²) in [6.45, 7) is 4.36. The van der Waals surface area contributed by atoms with Crippen LogP contribution in [0.15, 0.2) is 67.0 Å². The number of unbranched alkanes of at least 4 members (excludes halogenated alkanes) is 2. The van der Waals surface area contributed by atoms with E-state index in [1.807, 2.05) is 24.5 Å². The number of pyridine rings is 1. The highest BCUT2D eigenvalue weighted by molar-refractivity contribution is 5.70. The van der Waals surface area contributed by atoms with E-state index in [4.69, 9.17) is 9.57 Å². The number of anilines is 1. The Bertz CT molecular complexity index is 1000. The molecular formula is C25H26N2O2. The highest BCUT2D eigenvalue weighted by Gasteiger charge is 2.47. The minimum atomic E-state index is -0.268. The zero-order valence-electron chi connectivity index (χ0n) is 16.8. The molecule has 29 heavy (non-hydrogen) atoms. The van der Waals surface area contributed by atoms with Gasteiger partial charge in [0.05, 0.1) is 17.7 Å². The van der Waals surface area contributed by atoms with Crippen molar-refractivity contribution >= 4 is 5.69 Å². The van der Waals surface area contributed by atoms with Crippen molar-refractivity contribution in [2.24, 2.45) is 0 Å². The summed E-state index contributed by atoms with van der Waals surface area (Å²) in [5, 5.41) is 2.08. The van der Waals surface area contributed by atoms with Gasteiger partial charge < -0.3 is 4.74 Å². The van der Waals surface area contributed by atoms with Gasteiger partial charge in [-0.15, -0.1) is 0 Å². The van der Waals surface area contributed by atoms with Crippen LogP contribution in [0.5, 0.6) is 5.75 Å². The quantitative estimate of drug-likeness (QED) is 0.552. The molecule has 4 nitrogen and oxygen atoms in total. The Kier molecular flexibility index (Phi) is 4.72. The van der Waals surface area contributed by atoms with Gasteiger partial charge in [0.1, 0.15) is 12.4 Å². The molecule has 2 aliphatic heterocycles. The van der Waals surface area contributed by atoms with Crippen molar-refractivity contribution in [3.8, 4) is 16.9 Å². The zero-order valence-corrected chi connectivity index (χ0v) is 16.8. The van der Waals surface area contributed by atoms with Gasteiger partial charge >= 0.3 is 0 Å². The number of hydrogen-bond donors (Lipinski definition) is 0. The number of benzene rings is 2. The van der Waals surface area contributed by atoms with Crippen molar-refractivity contribution in [1.82, 2.24) is 4.98 Å². The lowest BCUT2D eigenvalue weighted by molar-refractivity contribution is 0.0509. The van der Waals surface area contributed by atoms with Gasteiger partial charge in [-0.05, 0) is 53.4 Å². The summed E-state index contributed by atoms with van der Waals surface area (Å²) in [7, 11) is 0. The van der Waals surface area contributed by atoms with E-state index in [1.165, 1.54) is 35.2 Å². The Morgan fingerprint density at radius 1 is 0.931 bits per heavy atom. The molecule has 0 radical (unpaired) electrons. The molecule has 3 aromatic rings. The molecule has 1 atom stereocenters. The van der Waals surface area contributed by atoms with Crippen LogP contribution in [0.1, 0.15) is 37.3 Å². The number of para-hydroxylation sites is 1. The van der Waals surface area contributed by atoms with Crippen molar-refractivity contribution < 1.29 is 9.57 Å². The number of ether oxygens (including phenoxy) is 1. The minimum absolute atomic E-state index is 0.268. The van der Waals surface area contributed by atoms with Gasteiger partial charge in [-0.1, -0.05) is 44.0 Å². The topological polar surface area (TPSA) is 34.6 Å². The first-order valence-corrected chi connectivity index (χ1v) is 10.5. The van der Waals surface area contributed by atoms with E-state index in [0.29, 0.717) is 13.2 Å². The Balaban J connectivity index is 1.56. The summed E-state index contributed by atoms with van der Waals surface area (Å²) < 4.78 is 6.16. The number of hydrogen-bond acceptors (Lipinski definition) is 4. The van der Waals surface area contributed by atoms with E-state index >= 15 is 0 Å². The Hall–Kier alpha value is -2.85. The second-order valence-corrected chi connectivity index (χ2v) is 7.92. The maximum atomic E-state index is 6.33. The SMILES string of the molecule is CCCCCN1OCC2(COc3ccc(-c4ccncc4)cc32)c2ccccc21. The highest BCUT2D eigenvalue weighted by Crippen LogP contribution is 2.50. The van der Waals surface area contributed by atoms with E-state index in [1.54, 1.807) is 0 Å². The molecule has 1 unspecified atom stereocenters. The van der Waals surface area contributed by atoms with Gasteiger partial charge in [-0.25, -0.2) is 0 Å². The third kappa shape index (κ3) is 3.08. The zero-order chi connectivity index (χ0) is 19.7. The molecule has 5 rings (SSSR count). The van der Waals surface area contributed by atoms with Gasteiger partial charge in [0.25, 0.3) is 0 Å². The molecule has 0 aliphatic carbocycles. The molecule has 148 valence electrons. The summed E-state index contributed by atoms with van der Waals surface area (Å²) in [6.07, 6.45) is 7.23. The van der Waals surface area contributed by atoms with Crippen LogP contribution in [0.25, 0.3) is 11.1 Å². The molecule has 0 saturated carbocycles. The molecular weight excluding hydrogens is 360 g/mol. The maximum absolute atomic E-state index is 6.33. The number of hydroxylamine groups is 1. The number of nitrogens with zero attached hydrogens (tertiary/aromatic N) is 2. The summed E-state index contributed by atoms with van der Waals surface area (Å²) >= 11 is 0. The normalized spacial score (nSPS) is 19.7. The first-order chi connectivity index (χ1) is 14.3. The van der Waals surface area contributed by atoms with Crippen LogP contribution in [0.4, 0.5) is 5.69 Å². The van der Waals surface area contributed by atoms with Gasteiger partial charge in [-0.3, -0.25) is 14.9 Å². The van der Waals surface area contributed by atoms with Crippen LogP contribution >= 0.6 is 0 Å². The molecule has 3 heterocycles. The third-order valence-electron chi connectivity index (χ3n) is 6.10. The lowest BCUT2D eigenvalue weighted by atomic mass is 9.74. The fourth-order valence-electron chi connectivity index (χ4n) is 4.50. The molecule has 0 fully saturated rings. The van der Waals surface area contributed by atoms with Crippen molar-refractivity contribution in [2.45, 2.75) is 31.6 Å². The Morgan fingerprint density at radius 3 is 2.66 bits per heavy atom. The first-order valence-electron chi connectivity index (χ1n) is 10.5. The number of rotatable bonds is 5. The number of fused-ring (bicyclic) bond motifs is 4. The number of aromatic nitrogens is 1. The second-order valence-electron chi connectivity index (χ2n) is 7.92. The standard InChI is InChI=1S/C25H26N2O2/c1-2-3-6-15-27-23-8-5-4-7-21(23)25(18-29-27)17-28-24-10-9-20(16-22(24)25)19-11-13-26-14-12-19/h4-5,7-14,16H,2-3,6,15,17-18H2,1H3. The molecule has 0 saturated heterocycles. The Morgan fingerprint density at radius 2 is 1.79 bits per heavy atom. The molecule has 0 amide bonds. The average Bonchev–Trinajstić information content (AvgIpc) is 3.15. The van der Waals surface area contributed by atoms with E-state index in [0.717, 1.165) is 24.3 Å². The van der Waals surface area contributed by atoms with Crippen LogP contribution in [0, 0.1) is 0 Å². The lowest BCUT2D eigenvalue weighted by Gasteiger charge is -2.40. The molecule has 0 bridgehead atoms. The minimum Gasteiger partial charge on any atom is -0.492 e. The predicted molar refractivity (Wildman–Crippen MR) is 115 cm³/mol. The molecule has 2 aromatic carbocycles. The predicted octanol–water partition coefficient (Wildman–Crippen LogP) is 5.37. The van der Waals surface area contributed by atoms with E-state index in [9.17, 15) is 0 Å². The van der Waals surface area contributed by atoms with Crippen LogP contribution in [0.2, 0.25) is 0 Å². The van der Waals surface area contributed by atoms with E-state index in [2.05, 4.69) is 59.4 Å². The molecule has 0 N–H and O–H groups in total. The maximum Gasteiger partial charge on any atom is 0.123 e. The van der Waals surface area contributed by atoms with Gasteiger partial charge in [0, 0.05) is 24.5 Å². The summed E-state index contributed by atoms with van der Waals surface area (Å²) in [5.41, 5.74) is 5.76. The first kappa shape index (κ1) is 18.2. The van der Waals surface area contributed by atoms with Crippen molar-refractivity contribution in [2.75, 3.05) is 24.8 Å². The van der Waals surface area contributed by atoms with Crippen molar-refractivity contribution in [3.63, 3.8) is 0 Å². The van der Waals surface area contributed by atoms with Crippen LogP contribution in [0.3, 0.4) is 0 Å². The van der Waals surface area contributed by atoms with Gasteiger partial charge in [0.15, 0.2) is 0 Å². The average molecular weight is 386 g/mol. The van der Waals surface area contributed by atoms with Crippen molar-refractivity contribution in [3.05, 3.63) is 78.1 Å². The van der Waals surface area contributed by atoms with Gasteiger partial charge in [-0.2, -0.15) is 0 Å². The second kappa shape index (κ2) is 7.53. The molecule has 1 spiro atoms. The van der Waals surface area contributed by atoms with Crippen LogP contribution < -0.4 is 9.80 Å². The summed E-state index contributed by atoms with van der Waals surface area (Å²) in [6, 6.07) is 19.2. The lowest BCUT2D eigenvalue weighted by Crippen LogP contribution is -2.45. The smallest absolute Gasteiger partial charge is 0.123 e. The fraction of sp³-hybridized carbons (Fsp3) is 0.320. The van der Waals surface area contributed by atoms with E-state index < -0.39 is 0 Å². The largest absolute Gasteiger partial charge is 0.492 e. The van der Waals surface area contributed by atoms with Gasteiger partial charge in [0.2, 0.25) is 0 Å². The summed E-state index contributed by atoms with van der Waals surface area (Å²) in [5.74, 6) is 0.959. The Labute approximate surface area is 172 Å². The third-order valence-corrected chi connectivity index (χ3v) is 6.10. The van der Waals surface area contributed by atoms with Crippen LogP contribution in [-0.4, -0.2) is 24.7 Å². The molecule has 4 heteroatoms. The van der Waals surface area contributed by atoms with Crippen LogP contribution in [-0.2, 0) is 10.3 Å². The molecule has 1 aromatic heterocycles. The monoisotopic (exact) mass is 386 g/mol. The fourth-order valence-corrected chi connectivity index (χ4v) is 4.50.